The molecule has 0 spiro atoms. The van der Waals surface area contributed by atoms with Gasteiger partial charge in [-0.05, 0) is 66.6 Å². The van der Waals surface area contributed by atoms with Crippen LogP contribution in [0.25, 0.3) is 17.0 Å². The normalized spacial score (nSPS) is 17.5. The van der Waals surface area contributed by atoms with Gasteiger partial charge < -0.3 is 9.47 Å². The summed E-state index contributed by atoms with van der Waals surface area (Å²) in [4.78, 5) is 42.0. The van der Waals surface area contributed by atoms with Crippen molar-refractivity contribution in [1.82, 2.24) is 14.4 Å². The highest BCUT2D eigenvalue weighted by atomic mass is 79.9. The quantitative estimate of drug-likeness (QED) is 0.335. The molecule has 2 saturated heterocycles. The molecular weight excluding hydrogens is 582 g/mol. The summed E-state index contributed by atoms with van der Waals surface area (Å²) < 4.78 is 3.78. The molecule has 2 aliphatic rings. The van der Waals surface area contributed by atoms with Crippen molar-refractivity contribution in [2.45, 2.75) is 25.9 Å². The number of imide groups is 1. The molecule has 34 heavy (non-hydrogen) atoms. The molecule has 2 fully saturated rings. The zero-order valence-electron chi connectivity index (χ0n) is 18.2. The fourth-order valence-corrected chi connectivity index (χ4v) is 5.76. The predicted octanol–water partition coefficient (Wildman–Crippen LogP) is 6.03. The van der Waals surface area contributed by atoms with E-state index in [4.69, 9.17) is 0 Å². The lowest BCUT2D eigenvalue weighted by atomic mass is 10.1. The maximum Gasteiger partial charge on any atom is 0.293 e. The van der Waals surface area contributed by atoms with Crippen molar-refractivity contribution in [2.24, 2.45) is 0 Å². The molecule has 2 aromatic carbocycles. The molecular formula is C25H21Br2N3O3S. The summed E-state index contributed by atoms with van der Waals surface area (Å²) in [5, 5.41) is 0.636. The largest absolute Gasteiger partial charge is 0.341 e. The molecule has 3 aromatic rings. The summed E-state index contributed by atoms with van der Waals surface area (Å²) in [6, 6.07) is 13.4. The number of carbonyl (C=O) groups is 3. The van der Waals surface area contributed by atoms with Gasteiger partial charge in [-0.3, -0.25) is 19.3 Å². The lowest BCUT2D eigenvalue weighted by Gasteiger charge is -2.16. The van der Waals surface area contributed by atoms with E-state index >= 15 is 0 Å². The van der Waals surface area contributed by atoms with Crippen LogP contribution in [0.5, 0.6) is 0 Å². The van der Waals surface area contributed by atoms with Crippen LogP contribution < -0.4 is 0 Å². The molecule has 3 amide bonds. The van der Waals surface area contributed by atoms with Crippen molar-refractivity contribution in [1.29, 1.82) is 0 Å². The van der Waals surface area contributed by atoms with Crippen molar-refractivity contribution < 1.29 is 14.4 Å². The maximum atomic E-state index is 13.1. The van der Waals surface area contributed by atoms with Crippen LogP contribution in [0, 0.1) is 0 Å². The van der Waals surface area contributed by atoms with Gasteiger partial charge in [-0.2, -0.15) is 0 Å². The minimum atomic E-state index is -0.304. The summed E-state index contributed by atoms with van der Waals surface area (Å²) >= 11 is 7.87. The number of halogens is 2. The molecule has 0 radical (unpaired) electrons. The average Bonchev–Trinajstić information content (AvgIpc) is 3.52. The van der Waals surface area contributed by atoms with Gasteiger partial charge in [0.1, 0.15) is 6.54 Å². The Kier molecular flexibility index (Phi) is 6.68. The van der Waals surface area contributed by atoms with E-state index in [1.807, 2.05) is 58.1 Å². The Bertz CT molecular complexity index is 1330. The Morgan fingerprint density at radius 1 is 1.00 bits per heavy atom. The number of hydrogen-bond donors (Lipinski definition) is 0. The molecule has 0 saturated carbocycles. The summed E-state index contributed by atoms with van der Waals surface area (Å²) in [6.07, 6.45) is 5.75. The number of hydrogen-bond acceptors (Lipinski definition) is 4. The SMILES string of the molecule is O=C(Cn1cc(/C=C2\SC(=O)N(Cc3ccc(Br)cc3)C2=O)c2cc(Br)ccc21)N1CCCC1. The first kappa shape index (κ1) is 23.4. The van der Waals surface area contributed by atoms with Crippen molar-refractivity contribution in [3.05, 3.63) is 73.6 Å². The second-order valence-electron chi connectivity index (χ2n) is 8.36. The van der Waals surface area contributed by atoms with Gasteiger partial charge in [0, 0.05) is 44.7 Å². The Labute approximate surface area is 218 Å². The molecule has 0 N–H and O–H groups in total. The van der Waals surface area contributed by atoms with Crippen LogP contribution in [-0.2, 0) is 22.7 Å². The van der Waals surface area contributed by atoms with Gasteiger partial charge in [-0.15, -0.1) is 0 Å². The number of thioether (sulfide) groups is 1. The number of benzene rings is 2. The first-order chi connectivity index (χ1) is 16.4. The van der Waals surface area contributed by atoms with Crippen LogP contribution >= 0.6 is 43.6 Å². The van der Waals surface area contributed by atoms with E-state index in [0.29, 0.717) is 4.91 Å². The third-order valence-electron chi connectivity index (χ3n) is 6.05. The van der Waals surface area contributed by atoms with E-state index in [1.54, 1.807) is 6.08 Å². The molecule has 0 bridgehead atoms. The van der Waals surface area contributed by atoms with Gasteiger partial charge in [0.15, 0.2) is 0 Å². The van der Waals surface area contributed by atoms with Gasteiger partial charge >= 0.3 is 0 Å². The average molecular weight is 603 g/mol. The number of nitrogens with zero attached hydrogens (tertiary/aromatic N) is 3. The van der Waals surface area contributed by atoms with Crippen molar-refractivity contribution in [3.63, 3.8) is 0 Å². The molecule has 0 atom stereocenters. The third-order valence-corrected chi connectivity index (χ3v) is 7.98. The zero-order valence-corrected chi connectivity index (χ0v) is 22.2. The Morgan fingerprint density at radius 2 is 1.71 bits per heavy atom. The lowest BCUT2D eigenvalue weighted by Crippen LogP contribution is -2.30. The summed E-state index contributed by atoms with van der Waals surface area (Å²) in [5.41, 5.74) is 2.60. The fourth-order valence-electron chi connectivity index (χ4n) is 4.30. The van der Waals surface area contributed by atoms with Gasteiger partial charge in [0.25, 0.3) is 11.1 Å². The molecule has 1 aromatic heterocycles. The van der Waals surface area contributed by atoms with Gasteiger partial charge in [-0.25, -0.2) is 0 Å². The molecule has 9 heteroatoms. The second-order valence-corrected chi connectivity index (χ2v) is 11.2. The molecule has 5 rings (SSSR count). The van der Waals surface area contributed by atoms with E-state index < -0.39 is 0 Å². The molecule has 2 aliphatic heterocycles. The highest BCUT2D eigenvalue weighted by Crippen LogP contribution is 2.35. The van der Waals surface area contributed by atoms with Gasteiger partial charge in [0.05, 0.1) is 11.4 Å². The monoisotopic (exact) mass is 601 g/mol. The zero-order chi connectivity index (χ0) is 23.8. The molecule has 174 valence electrons. The summed E-state index contributed by atoms with van der Waals surface area (Å²) in [6.45, 7) is 2.09. The van der Waals surface area contributed by atoms with Gasteiger partial charge in [-0.1, -0.05) is 44.0 Å². The van der Waals surface area contributed by atoms with Crippen LogP contribution in [0.3, 0.4) is 0 Å². The molecule has 6 nitrogen and oxygen atoms in total. The first-order valence-corrected chi connectivity index (χ1v) is 13.4. The van der Waals surface area contributed by atoms with Crippen molar-refractivity contribution >= 4 is 77.7 Å². The van der Waals surface area contributed by atoms with Crippen LogP contribution in [0.1, 0.15) is 24.0 Å². The highest BCUT2D eigenvalue weighted by Gasteiger charge is 2.35. The smallest absolute Gasteiger partial charge is 0.293 e. The van der Waals surface area contributed by atoms with E-state index in [1.165, 1.54) is 4.90 Å². The molecule has 0 unspecified atom stereocenters. The van der Waals surface area contributed by atoms with E-state index in [9.17, 15) is 14.4 Å². The Hall–Kier alpha value is -2.36. The van der Waals surface area contributed by atoms with Crippen molar-refractivity contribution in [2.75, 3.05) is 13.1 Å². The van der Waals surface area contributed by atoms with Crippen LogP contribution in [-0.4, -0.2) is 44.5 Å². The topological polar surface area (TPSA) is 62.6 Å². The molecule has 0 aliphatic carbocycles. The highest BCUT2D eigenvalue weighted by molar-refractivity contribution is 9.10. The Morgan fingerprint density at radius 3 is 2.44 bits per heavy atom. The first-order valence-electron chi connectivity index (χ1n) is 10.9. The number of fused-ring (bicyclic) bond motifs is 1. The third kappa shape index (κ3) is 4.74. The standard InChI is InChI=1S/C25H21Br2N3O3S/c26-18-5-3-16(4-6-18)13-30-24(32)22(34-25(30)33)11-17-14-29(15-23(31)28-9-1-2-10-28)21-8-7-19(27)12-20(17)21/h3-8,11-12,14H,1-2,9-10,13,15H2/b22-11-. The lowest BCUT2D eigenvalue weighted by molar-refractivity contribution is -0.130. The summed E-state index contributed by atoms with van der Waals surface area (Å²) in [5.74, 6) is -0.208. The van der Waals surface area contributed by atoms with Crippen LogP contribution in [0.2, 0.25) is 0 Å². The van der Waals surface area contributed by atoms with E-state index in [0.717, 1.165) is 68.7 Å². The second kappa shape index (κ2) is 9.71. The predicted molar refractivity (Wildman–Crippen MR) is 141 cm³/mol. The van der Waals surface area contributed by atoms with E-state index in [-0.39, 0.29) is 30.1 Å². The number of likely N-dealkylation sites (tertiary alicyclic amines) is 1. The van der Waals surface area contributed by atoms with Crippen molar-refractivity contribution in [3.8, 4) is 0 Å². The number of carbonyl (C=O) groups excluding carboxylic acids is 3. The number of rotatable bonds is 5. The number of amides is 3. The van der Waals surface area contributed by atoms with E-state index in [2.05, 4.69) is 31.9 Å². The minimum Gasteiger partial charge on any atom is -0.341 e. The maximum absolute atomic E-state index is 13.1. The van der Waals surface area contributed by atoms with Gasteiger partial charge in [0.2, 0.25) is 5.91 Å². The number of aromatic nitrogens is 1. The minimum absolute atomic E-state index is 0.0960. The Balaban J connectivity index is 1.44. The summed E-state index contributed by atoms with van der Waals surface area (Å²) in [7, 11) is 0. The van der Waals surface area contributed by atoms with Crippen LogP contribution in [0.4, 0.5) is 4.79 Å². The van der Waals surface area contributed by atoms with Crippen LogP contribution in [0.15, 0.2) is 62.5 Å². The fraction of sp³-hybridized carbons (Fsp3) is 0.240. The molecule has 3 heterocycles.